The number of nitrogens with one attached hydrogen (secondary N) is 1. The summed E-state index contributed by atoms with van der Waals surface area (Å²) in [6, 6.07) is 5.92. The Bertz CT molecular complexity index is 1320. The van der Waals surface area contributed by atoms with E-state index in [0.29, 0.717) is 16.4 Å². The van der Waals surface area contributed by atoms with E-state index in [0.717, 1.165) is 23.2 Å². The quantitative estimate of drug-likeness (QED) is 0.454. The van der Waals surface area contributed by atoms with Gasteiger partial charge in [-0.15, -0.1) is 0 Å². The van der Waals surface area contributed by atoms with Crippen molar-refractivity contribution in [3.8, 4) is 0 Å². The number of halogens is 3. The van der Waals surface area contributed by atoms with Gasteiger partial charge in [0.25, 0.3) is 0 Å². The lowest BCUT2D eigenvalue weighted by atomic mass is 9.82. The first-order valence-electron chi connectivity index (χ1n) is 10.4. The zero-order chi connectivity index (χ0) is 24.7. The van der Waals surface area contributed by atoms with Crippen molar-refractivity contribution in [2.24, 2.45) is 10.7 Å². The van der Waals surface area contributed by atoms with E-state index in [1.54, 1.807) is 39.1 Å². The predicted molar refractivity (Wildman–Crippen MR) is 130 cm³/mol. The van der Waals surface area contributed by atoms with Gasteiger partial charge >= 0.3 is 5.97 Å². The van der Waals surface area contributed by atoms with Crippen molar-refractivity contribution in [2.45, 2.75) is 37.5 Å². The molecule has 0 bridgehead atoms. The number of carbonyl (C=O) groups excluding carboxylic acids is 1. The van der Waals surface area contributed by atoms with Crippen molar-refractivity contribution >= 4 is 56.9 Å². The molecule has 0 fully saturated rings. The van der Waals surface area contributed by atoms with Crippen LogP contribution in [0.3, 0.4) is 0 Å². The van der Waals surface area contributed by atoms with E-state index in [-0.39, 0.29) is 29.4 Å². The third kappa shape index (κ3) is 4.52. The summed E-state index contributed by atoms with van der Waals surface area (Å²) in [7, 11) is 0. The van der Waals surface area contributed by atoms with Gasteiger partial charge in [0.15, 0.2) is 22.6 Å². The van der Waals surface area contributed by atoms with Crippen LogP contribution in [0.2, 0.25) is 5.02 Å². The van der Waals surface area contributed by atoms with E-state index < -0.39 is 27.9 Å². The minimum Gasteiger partial charge on any atom is -0.465 e. The van der Waals surface area contributed by atoms with E-state index in [2.05, 4.69) is 20.3 Å². The van der Waals surface area contributed by atoms with Crippen molar-refractivity contribution in [3.05, 3.63) is 58.9 Å². The van der Waals surface area contributed by atoms with Gasteiger partial charge in [-0.2, -0.15) is 0 Å². The van der Waals surface area contributed by atoms with E-state index in [1.165, 1.54) is 12.3 Å². The summed E-state index contributed by atoms with van der Waals surface area (Å²) in [4.78, 5) is 25.6. The van der Waals surface area contributed by atoms with Crippen LogP contribution >= 0.6 is 23.4 Å². The summed E-state index contributed by atoms with van der Waals surface area (Å²) >= 11 is 7.06. The van der Waals surface area contributed by atoms with Crippen molar-refractivity contribution in [1.82, 2.24) is 9.97 Å². The molecule has 1 aromatic carbocycles. The van der Waals surface area contributed by atoms with Gasteiger partial charge in [0.2, 0.25) is 0 Å². The summed E-state index contributed by atoms with van der Waals surface area (Å²) in [5.41, 5.74) is 5.40. The molecule has 4 rings (SSSR count). The van der Waals surface area contributed by atoms with E-state index in [9.17, 15) is 9.18 Å². The molecular weight excluding hydrogens is 484 g/mol. The zero-order valence-electron chi connectivity index (χ0n) is 18.7. The molecular formula is C23H22ClF2N5O2S. The van der Waals surface area contributed by atoms with Gasteiger partial charge in [-0.05, 0) is 39.0 Å². The number of amidine groups is 1. The fourth-order valence-electron chi connectivity index (χ4n) is 4.10. The van der Waals surface area contributed by atoms with Gasteiger partial charge in [0.05, 0.1) is 17.2 Å². The maximum atomic E-state index is 15.1. The standard InChI is InChI=1S/C23H22ClF2N5O2S/c1-4-33-20(32)23(3)11-22(2,31-21(27)34-23)15-8-14(9-16(25)17(15)26)30-19-18-12(5-6-28-19)7-13(24)10-29-18/h5-10H,4,11H2,1-3H3,(H2,27,31)(H,28,30)/t22-,23+/m0/s1. The number of pyridine rings is 2. The van der Waals surface area contributed by atoms with E-state index in [4.69, 9.17) is 22.1 Å². The second-order valence-corrected chi connectivity index (χ2v) is 10.2. The average Bonchev–Trinajstić information content (AvgIpc) is 2.75. The molecule has 2 aromatic heterocycles. The summed E-state index contributed by atoms with van der Waals surface area (Å²) < 4.78 is 33.9. The number of fused-ring (bicyclic) bond motifs is 1. The number of ether oxygens (including phenoxy) is 1. The zero-order valence-corrected chi connectivity index (χ0v) is 20.2. The molecule has 0 radical (unpaired) electrons. The monoisotopic (exact) mass is 505 g/mol. The first-order chi connectivity index (χ1) is 16.0. The van der Waals surface area contributed by atoms with Gasteiger partial charge in [0, 0.05) is 41.5 Å². The van der Waals surface area contributed by atoms with Gasteiger partial charge < -0.3 is 15.8 Å². The highest BCUT2D eigenvalue weighted by Crippen LogP contribution is 2.47. The predicted octanol–water partition coefficient (Wildman–Crippen LogP) is 5.29. The Labute approximate surface area is 204 Å². The molecule has 0 saturated heterocycles. The van der Waals surface area contributed by atoms with Crippen LogP contribution in [-0.4, -0.2) is 32.5 Å². The van der Waals surface area contributed by atoms with Gasteiger partial charge in [0.1, 0.15) is 10.3 Å². The molecule has 7 nitrogen and oxygen atoms in total. The average molecular weight is 506 g/mol. The Morgan fingerprint density at radius 1 is 1.29 bits per heavy atom. The molecule has 0 unspecified atom stereocenters. The molecule has 0 spiro atoms. The Kier molecular flexibility index (Phi) is 6.39. The van der Waals surface area contributed by atoms with Crippen LogP contribution in [0.5, 0.6) is 0 Å². The minimum absolute atomic E-state index is 0.0509. The van der Waals surface area contributed by atoms with Crippen LogP contribution < -0.4 is 11.1 Å². The van der Waals surface area contributed by atoms with Gasteiger partial charge in [-0.25, -0.2) is 13.8 Å². The number of nitrogens with two attached hydrogens (primary N) is 1. The highest BCUT2D eigenvalue weighted by Gasteiger charge is 2.48. The number of aromatic nitrogens is 2. The fourth-order valence-corrected chi connectivity index (χ4v) is 5.47. The number of rotatable bonds is 5. The smallest absolute Gasteiger partial charge is 0.322 e. The Hall–Kier alpha value is -2.98. The van der Waals surface area contributed by atoms with Crippen molar-refractivity contribution in [2.75, 3.05) is 11.9 Å². The number of nitrogens with zero attached hydrogens (tertiary/aromatic N) is 3. The molecule has 34 heavy (non-hydrogen) atoms. The van der Waals surface area contributed by atoms with Crippen LogP contribution in [0.25, 0.3) is 10.9 Å². The van der Waals surface area contributed by atoms with Crippen LogP contribution in [0.15, 0.2) is 41.7 Å². The number of hydrogen-bond acceptors (Lipinski definition) is 8. The van der Waals surface area contributed by atoms with Crippen LogP contribution in [0, 0.1) is 11.6 Å². The third-order valence-electron chi connectivity index (χ3n) is 5.51. The van der Waals surface area contributed by atoms with Crippen molar-refractivity contribution in [3.63, 3.8) is 0 Å². The topological polar surface area (TPSA) is 102 Å². The Morgan fingerprint density at radius 2 is 2.06 bits per heavy atom. The van der Waals surface area contributed by atoms with E-state index >= 15 is 4.39 Å². The maximum absolute atomic E-state index is 15.1. The fraction of sp³-hybridized carbons (Fsp3) is 0.304. The van der Waals surface area contributed by atoms with Gasteiger partial charge in [-0.3, -0.25) is 14.8 Å². The van der Waals surface area contributed by atoms with Gasteiger partial charge in [-0.1, -0.05) is 23.4 Å². The lowest BCUT2D eigenvalue weighted by Crippen LogP contribution is -2.46. The summed E-state index contributed by atoms with van der Waals surface area (Å²) in [5.74, 6) is -2.31. The maximum Gasteiger partial charge on any atom is 0.322 e. The first-order valence-corrected chi connectivity index (χ1v) is 11.6. The van der Waals surface area contributed by atoms with Crippen LogP contribution in [-0.2, 0) is 15.1 Å². The Balaban J connectivity index is 1.77. The number of esters is 1. The van der Waals surface area contributed by atoms with Crippen molar-refractivity contribution < 1.29 is 18.3 Å². The lowest BCUT2D eigenvalue weighted by Gasteiger charge is -2.39. The number of carbonyl (C=O) groups is 1. The molecule has 0 saturated carbocycles. The molecule has 3 heterocycles. The van der Waals surface area contributed by atoms with E-state index in [1.807, 2.05) is 0 Å². The SMILES string of the molecule is CCOC(=O)[C@@]1(C)C[C@@](C)(c2cc(Nc3nccc4cc(Cl)cnc34)cc(F)c2F)N=C(N)S1. The number of anilines is 2. The van der Waals surface area contributed by atoms with Crippen LogP contribution in [0.1, 0.15) is 32.8 Å². The second kappa shape index (κ2) is 8.99. The third-order valence-corrected chi connectivity index (χ3v) is 6.78. The molecule has 0 amide bonds. The highest BCUT2D eigenvalue weighted by molar-refractivity contribution is 8.15. The largest absolute Gasteiger partial charge is 0.465 e. The molecule has 1 aliphatic rings. The summed E-state index contributed by atoms with van der Waals surface area (Å²) in [6.07, 6.45) is 3.08. The molecule has 3 N–H and O–H groups in total. The summed E-state index contributed by atoms with van der Waals surface area (Å²) in [5, 5.41) is 4.28. The van der Waals surface area contributed by atoms with Crippen molar-refractivity contribution in [1.29, 1.82) is 0 Å². The Morgan fingerprint density at radius 3 is 2.79 bits per heavy atom. The summed E-state index contributed by atoms with van der Waals surface area (Å²) in [6.45, 7) is 5.14. The highest BCUT2D eigenvalue weighted by atomic mass is 35.5. The molecule has 1 aliphatic heterocycles. The second-order valence-electron chi connectivity index (χ2n) is 8.28. The number of thioether (sulfide) groups is 1. The lowest BCUT2D eigenvalue weighted by molar-refractivity contribution is -0.146. The molecule has 2 atom stereocenters. The molecule has 3 aromatic rings. The van der Waals surface area contributed by atoms with Crippen LogP contribution in [0.4, 0.5) is 20.3 Å². The molecule has 178 valence electrons. The molecule has 11 heteroatoms. The first kappa shape index (κ1) is 24.2. The minimum atomic E-state index is -1.32. The molecule has 0 aliphatic carbocycles. The number of hydrogen-bond donors (Lipinski definition) is 2. The number of aliphatic imine (C=N–C) groups is 1. The normalized spacial score (nSPS) is 22.4. The number of benzene rings is 1.